The van der Waals surface area contributed by atoms with Crippen molar-refractivity contribution < 1.29 is 28.6 Å². The predicted octanol–water partition coefficient (Wildman–Crippen LogP) is 14.4. The Kier molecular flexibility index (Phi) is 41.7. The molecule has 0 fully saturated rings. The van der Waals surface area contributed by atoms with Crippen LogP contribution in [0, 0.1) is 0 Å². The average Bonchev–Trinajstić information content (AvgIpc) is 3.21. The van der Waals surface area contributed by atoms with E-state index in [0.717, 1.165) is 109 Å². The topological polar surface area (TPSA) is 78.9 Å². The van der Waals surface area contributed by atoms with Gasteiger partial charge in [-0.15, -0.1) is 0 Å². The summed E-state index contributed by atoms with van der Waals surface area (Å²) in [6.07, 6.45) is 59.3. The lowest BCUT2D eigenvalue weighted by Crippen LogP contribution is -2.30. The van der Waals surface area contributed by atoms with E-state index in [1.165, 1.54) is 19.3 Å². The van der Waals surface area contributed by atoms with Crippen molar-refractivity contribution in [2.45, 2.75) is 181 Å². The molecule has 0 aromatic rings. The summed E-state index contributed by atoms with van der Waals surface area (Å²) in [5, 5.41) is 0. The Morgan fingerprint density at radius 2 is 0.807 bits per heavy atom. The second kappa shape index (κ2) is 44.8. The van der Waals surface area contributed by atoms with Crippen molar-refractivity contribution in [3.05, 3.63) is 109 Å². The molecule has 0 saturated carbocycles. The van der Waals surface area contributed by atoms with Gasteiger partial charge in [-0.05, 0) is 83.5 Å². The highest BCUT2D eigenvalue weighted by Gasteiger charge is 2.19. The molecule has 0 spiro atoms. The molecule has 6 nitrogen and oxygen atoms in total. The van der Waals surface area contributed by atoms with Gasteiger partial charge in [0.15, 0.2) is 6.10 Å². The summed E-state index contributed by atoms with van der Waals surface area (Å²) in [6, 6.07) is 0. The summed E-state index contributed by atoms with van der Waals surface area (Å²) in [6.45, 7) is 6.27. The third-order valence-corrected chi connectivity index (χ3v) is 8.84. The molecule has 0 N–H and O–H groups in total. The Morgan fingerprint density at radius 1 is 0.386 bits per heavy atom. The number of unbranched alkanes of at least 4 members (excludes halogenated alkanes) is 13. The number of hydrogen-bond acceptors (Lipinski definition) is 6. The Bertz CT molecular complexity index is 1230. The number of ether oxygens (including phenoxy) is 3. The molecule has 0 aliphatic carbocycles. The summed E-state index contributed by atoms with van der Waals surface area (Å²) in [5.74, 6) is -1.02. The van der Waals surface area contributed by atoms with Crippen molar-refractivity contribution in [2.24, 2.45) is 0 Å². The molecule has 1 atom stereocenters. The van der Waals surface area contributed by atoms with Crippen LogP contribution >= 0.6 is 0 Å². The molecule has 0 bridgehead atoms. The van der Waals surface area contributed by atoms with Gasteiger partial charge in [0.2, 0.25) is 0 Å². The minimum atomic E-state index is -0.819. The highest BCUT2D eigenvalue weighted by atomic mass is 16.6. The molecule has 0 radical (unpaired) electrons. The number of carbonyl (C=O) groups excluding carboxylic acids is 3. The second-order valence-electron chi connectivity index (χ2n) is 14.3. The molecular formula is C51H80O6. The van der Waals surface area contributed by atoms with Crippen LogP contribution in [0.5, 0.6) is 0 Å². The van der Waals surface area contributed by atoms with Crippen LogP contribution in [0.25, 0.3) is 0 Å². The van der Waals surface area contributed by atoms with Gasteiger partial charge >= 0.3 is 17.9 Å². The monoisotopic (exact) mass is 789 g/mol. The first-order valence-electron chi connectivity index (χ1n) is 22.5. The predicted molar refractivity (Wildman–Crippen MR) is 242 cm³/mol. The van der Waals surface area contributed by atoms with E-state index in [9.17, 15) is 14.4 Å². The van der Waals surface area contributed by atoms with Crippen LogP contribution in [0.1, 0.15) is 175 Å². The van der Waals surface area contributed by atoms with Gasteiger partial charge in [0.1, 0.15) is 13.2 Å². The van der Waals surface area contributed by atoms with Crippen LogP contribution in [0.2, 0.25) is 0 Å². The summed E-state index contributed by atoms with van der Waals surface area (Å²) >= 11 is 0. The molecule has 0 rings (SSSR count). The zero-order valence-corrected chi connectivity index (χ0v) is 36.3. The van der Waals surface area contributed by atoms with E-state index in [4.69, 9.17) is 14.2 Å². The number of hydrogen-bond donors (Lipinski definition) is 0. The molecule has 0 aromatic carbocycles. The van der Waals surface area contributed by atoms with E-state index in [-0.39, 0.29) is 37.5 Å². The number of allylic oxidation sites excluding steroid dienone is 18. The summed E-state index contributed by atoms with van der Waals surface area (Å²) < 4.78 is 16.6. The molecule has 0 aliphatic heterocycles. The zero-order chi connectivity index (χ0) is 41.5. The molecule has 0 saturated heterocycles. The zero-order valence-electron chi connectivity index (χ0n) is 36.3. The van der Waals surface area contributed by atoms with E-state index in [1.54, 1.807) is 0 Å². The Balaban J connectivity index is 4.50. The molecule has 0 heterocycles. The normalized spacial score (nSPS) is 13.1. The molecule has 0 aliphatic rings. The SMILES string of the molecule is CC/C=C\C/C=C\C/C=C\CCCC(=O)OC(COC(=O)CCCCCC/C=C\CCCC)COC(=O)CCCCCCC\C=C/C=C\C=C/C=C\C=C/CCC. The first kappa shape index (κ1) is 53.1. The van der Waals surface area contributed by atoms with Gasteiger partial charge in [-0.3, -0.25) is 14.4 Å². The van der Waals surface area contributed by atoms with Crippen LogP contribution in [0.3, 0.4) is 0 Å². The smallest absolute Gasteiger partial charge is 0.306 e. The molecule has 0 amide bonds. The maximum Gasteiger partial charge on any atom is 0.306 e. The Morgan fingerprint density at radius 3 is 1.37 bits per heavy atom. The fourth-order valence-corrected chi connectivity index (χ4v) is 5.47. The largest absolute Gasteiger partial charge is 0.462 e. The average molecular weight is 789 g/mol. The minimum absolute atomic E-state index is 0.116. The molecular weight excluding hydrogens is 709 g/mol. The first-order chi connectivity index (χ1) is 28.0. The Labute approximate surface area is 349 Å². The van der Waals surface area contributed by atoms with Gasteiger partial charge in [0.05, 0.1) is 0 Å². The third-order valence-electron chi connectivity index (χ3n) is 8.84. The second-order valence-corrected chi connectivity index (χ2v) is 14.3. The van der Waals surface area contributed by atoms with Crippen LogP contribution < -0.4 is 0 Å². The van der Waals surface area contributed by atoms with Crippen molar-refractivity contribution in [2.75, 3.05) is 13.2 Å². The molecule has 1 unspecified atom stereocenters. The van der Waals surface area contributed by atoms with E-state index in [0.29, 0.717) is 19.3 Å². The van der Waals surface area contributed by atoms with Crippen LogP contribution in [-0.2, 0) is 28.6 Å². The van der Waals surface area contributed by atoms with Crippen molar-refractivity contribution in [3.63, 3.8) is 0 Å². The fourth-order valence-electron chi connectivity index (χ4n) is 5.47. The van der Waals surface area contributed by atoms with Gasteiger partial charge in [-0.1, -0.05) is 182 Å². The number of esters is 3. The molecule has 320 valence electrons. The van der Waals surface area contributed by atoms with Gasteiger partial charge in [0, 0.05) is 19.3 Å². The fraction of sp³-hybridized carbons (Fsp3) is 0.588. The van der Waals surface area contributed by atoms with Gasteiger partial charge in [0.25, 0.3) is 0 Å². The maximum absolute atomic E-state index is 12.7. The molecule has 6 heteroatoms. The number of rotatable bonds is 38. The molecule has 57 heavy (non-hydrogen) atoms. The van der Waals surface area contributed by atoms with Gasteiger partial charge in [-0.25, -0.2) is 0 Å². The van der Waals surface area contributed by atoms with E-state index in [1.807, 2.05) is 36.5 Å². The Hall–Kier alpha value is -3.93. The van der Waals surface area contributed by atoms with Crippen LogP contribution in [-0.4, -0.2) is 37.2 Å². The van der Waals surface area contributed by atoms with Crippen LogP contribution in [0.4, 0.5) is 0 Å². The van der Waals surface area contributed by atoms with E-state index >= 15 is 0 Å². The van der Waals surface area contributed by atoms with Crippen molar-refractivity contribution in [3.8, 4) is 0 Å². The lowest BCUT2D eigenvalue weighted by molar-refractivity contribution is -0.167. The summed E-state index contributed by atoms with van der Waals surface area (Å²) in [4.78, 5) is 37.7. The highest BCUT2D eigenvalue weighted by molar-refractivity contribution is 5.71. The quantitative estimate of drug-likeness (QED) is 0.0204. The lowest BCUT2D eigenvalue weighted by atomic mass is 10.1. The van der Waals surface area contributed by atoms with Crippen LogP contribution in [0.15, 0.2) is 109 Å². The van der Waals surface area contributed by atoms with Crippen molar-refractivity contribution in [1.29, 1.82) is 0 Å². The van der Waals surface area contributed by atoms with Gasteiger partial charge < -0.3 is 14.2 Å². The van der Waals surface area contributed by atoms with Gasteiger partial charge in [-0.2, -0.15) is 0 Å². The van der Waals surface area contributed by atoms with Crippen molar-refractivity contribution in [1.82, 2.24) is 0 Å². The minimum Gasteiger partial charge on any atom is -0.462 e. The van der Waals surface area contributed by atoms with E-state index < -0.39 is 6.10 Å². The van der Waals surface area contributed by atoms with Crippen molar-refractivity contribution >= 4 is 17.9 Å². The number of carbonyl (C=O) groups is 3. The lowest BCUT2D eigenvalue weighted by Gasteiger charge is -2.18. The maximum atomic E-state index is 12.7. The summed E-state index contributed by atoms with van der Waals surface area (Å²) in [5.41, 5.74) is 0. The standard InChI is InChI=1S/C51H80O6/c1-4-7-10-13-16-19-22-23-24-25-26-27-28-30-32-35-38-41-44-50(53)56-47-48(46-55-49(52)43-40-37-34-31-21-18-15-12-9-6-3)57-51(54)45-42-39-36-33-29-20-17-14-11-8-5-2/h8,10-11,13,15-20,22-27,33,36,48H,4-7,9,12,14,21,28-32,34-35,37-47H2,1-3H3/b11-8-,13-10-,18-15-,19-16-,20-17-,23-22-,25-24-,27-26-,36-33-. The first-order valence-corrected chi connectivity index (χ1v) is 22.5. The third kappa shape index (κ3) is 43.0. The highest BCUT2D eigenvalue weighted by Crippen LogP contribution is 2.11. The summed E-state index contributed by atoms with van der Waals surface area (Å²) in [7, 11) is 0. The van der Waals surface area contributed by atoms with E-state index in [2.05, 4.69) is 93.7 Å². The molecule has 0 aromatic heterocycles.